The first-order chi connectivity index (χ1) is 5.65. The topological polar surface area (TPSA) is 102 Å². The Kier molecular flexibility index (Phi) is 2.46. The Balaban J connectivity index is 2.60. The number of hydrogen-bond acceptors (Lipinski definition) is 4. The van der Waals surface area contributed by atoms with Gasteiger partial charge in [0, 0.05) is 6.54 Å². The van der Waals surface area contributed by atoms with E-state index < -0.39 is 18.4 Å². The number of carbonyl (C=O) groups is 2. The molecule has 12 heavy (non-hydrogen) atoms. The molecule has 1 aliphatic heterocycles. The van der Waals surface area contributed by atoms with Crippen molar-refractivity contribution in [3.05, 3.63) is 0 Å². The van der Waals surface area contributed by atoms with Crippen LogP contribution < -0.4 is 10.6 Å². The van der Waals surface area contributed by atoms with Gasteiger partial charge in [-0.3, -0.25) is 15.5 Å². The van der Waals surface area contributed by atoms with Crippen LogP contribution in [0, 0.1) is 0 Å². The summed E-state index contributed by atoms with van der Waals surface area (Å²) < 4.78 is 0. The smallest absolute Gasteiger partial charge is 0.329 e. The van der Waals surface area contributed by atoms with Gasteiger partial charge in [0.25, 0.3) is 0 Å². The van der Waals surface area contributed by atoms with Crippen molar-refractivity contribution in [1.82, 2.24) is 15.5 Å². The minimum Gasteiger partial charge on any atom is -0.395 e. The lowest BCUT2D eigenvalue weighted by atomic mass is 10.5. The second kappa shape index (κ2) is 3.37. The van der Waals surface area contributed by atoms with Crippen LogP contribution in [0.15, 0.2) is 0 Å². The van der Waals surface area contributed by atoms with Gasteiger partial charge in [0.05, 0.1) is 6.61 Å². The maximum Gasteiger partial charge on any atom is 0.329 e. The van der Waals surface area contributed by atoms with Gasteiger partial charge in [-0.25, -0.2) is 9.59 Å². The van der Waals surface area contributed by atoms with Crippen molar-refractivity contribution in [2.45, 2.75) is 6.35 Å². The number of nitrogens with zero attached hydrogens (tertiary/aromatic N) is 1. The fourth-order valence-electron chi connectivity index (χ4n) is 0.843. The highest BCUT2D eigenvalue weighted by atomic mass is 16.3. The van der Waals surface area contributed by atoms with Gasteiger partial charge in [0.1, 0.15) is 0 Å². The van der Waals surface area contributed by atoms with Gasteiger partial charge in [0.2, 0.25) is 6.35 Å². The van der Waals surface area contributed by atoms with Crippen molar-refractivity contribution >= 4 is 12.1 Å². The molecule has 4 N–H and O–H groups in total. The summed E-state index contributed by atoms with van der Waals surface area (Å²) in [5.41, 5.74) is 0. The molecule has 7 heteroatoms. The fraction of sp³-hybridized carbons (Fsp3) is 0.600. The Hall–Kier alpha value is -1.34. The van der Waals surface area contributed by atoms with Crippen LogP contribution in [-0.4, -0.2) is 46.7 Å². The van der Waals surface area contributed by atoms with Gasteiger partial charge in [-0.05, 0) is 0 Å². The minimum atomic E-state index is -1.36. The summed E-state index contributed by atoms with van der Waals surface area (Å²) in [5, 5.41) is 21.5. The average Bonchev–Trinajstić information content (AvgIpc) is 1.96. The third kappa shape index (κ3) is 1.63. The number of carbonyl (C=O) groups excluding carboxylic acids is 2. The first-order valence-corrected chi connectivity index (χ1v) is 3.32. The van der Waals surface area contributed by atoms with E-state index in [1.54, 1.807) is 0 Å². The quantitative estimate of drug-likeness (QED) is 0.389. The molecule has 1 atom stereocenters. The number of hydrogen-bond donors (Lipinski definition) is 4. The summed E-state index contributed by atoms with van der Waals surface area (Å²) in [6, 6.07) is -1.47. The molecule has 0 aromatic rings. The molecule has 0 aliphatic carbocycles. The summed E-state index contributed by atoms with van der Waals surface area (Å²) >= 11 is 0. The summed E-state index contributed by atoms with van der Waals surface area (Å²) in [6.45, 7) is -0.312. The number of imide groups is 1. The van der Waals surface area contributed by atoms with Gasteiger partial charge < -0.3 is 10.2 Å². The number of nitrogens with one attached hydrogen (secondary N) is 2. The number of urea groups is 2. The lowest BCUT2D eigenvalue weighted by molar-refractivity contribution is -0.00238. The maximum absolute atomic E-state index is 10.9. The molecule has 1 fully saturated rings. The van der Waals surface area contributed by atoms with E-state index in [0.717, 1.165) is 4.90 Å². The van der Waals surface area contributed by atoms with E-state index in [4.69, 9.17) is 10.2 Å². The molecule has 0 radical (unpaired) electrons. The van der Waals surface area contributed by atoms with Crippen molar-refractivity contribution in [3.8, 4) is 0 Å². The number of amides is 4. The van der Waals surface area contributed by atoms with Crippen molar-refractivity contribution in [2.75, 3.05) is 13.2 Å². The predicted octanol–water partition coefficient (Wildman–Crippen LogP) is -2.01. The van der Waals surface area contributed by atoms with E-state index in [0.29, 0.717) is 0 Å². The van der Waals surface area contributed by atoms with E-state index in [-0.39, 0.29) is 13.2 Å². The largest absolute Gasteiger partial charge is 0.395 e. The molecule has 0 aromatic carbocycles. The number of aliphatic hydroxyl groups excluding tert-OH is 2. The van der Waals surface area contributed by atoms with Gasteiger partial charge in [0.15, 0.2) is 0 Å². The molecule has 0 aromatic heterocycles. The Morgan fingerprint density at radius 3 is 2.67 bits per heavy atom. The van der Waals surface area contributed by atoms with E-state index in [9.17, 15) is 9.59 Å². The summed E-state index contributed by atoms with van der Waals surface area (Å²) in [4.78, 5) is 22.3. The normalized spacial score (nSPS) is 23.5. The highest BCUT2D eigenvalue weighted by Gasteiger charge is 2.29. The molecule has 4 amide bonds. The van der Waals surface area contributed by atoms with Crippen LogP contribution in [0.1, 0.15) is 0 Å². The Labute approximate surface area is 68.0 Å². The average molecular weight is 175 g/mol. The first-order valence-electron chi connectivity index (χ1n) is 3.32. The first kappa shape index (κ1) is 8.75. The third-order valence-electron chi connectivity index (χ3n) is 1.38. The van der Waals surface area contributed by atoms with Crippen LogP contribution in [0.5, 0.6) is 0 Å². The van der Waals surface area contributed by atoms with E-state index in [1.807, 2.05) is 10.6 Å². The maximum atomic E-state index is 10.9. The van der Waals surface area contributed by atoms with Gasteiger partial charge in [-0.2, -0.15) is 0 Å². The van der Waals surface area contributed by atoms with Crippen LogP contribution in [0.25, 0.3) is 0 Å². The lowest BCUT2D eigenvalue weighted by Crippen LogP contribution is -2.63. The van der Waals surface area contributed by atoms with E-state index >= 15 is 0 Å². The molecular weight excluding hydrogens is 166 g/mol. The van der Waals surface area contributed by atoms with Crippen LogP contribution in [0.4, 0.5) is 9.59 Å². The number of rotatable bonds is 2. The van der Waals surface area contributed by atoms with Crippen LogP contribution >= 0.6 is 0 Å². The summed E-state index contributed by atoms with van der Waals surface area (Å²) in [5.74, 6) is 0. The second-order valence-corrected chi connectivity index (χ2v) is 2.19. The fourth-order valence-corrected chi connectivity index (χ4v) is 0.843. The van der Waals surface area contributed by atoms with Crippen molar-refractivity contribution in [1.29, 1.82) is 0 Å². The molecule has 7 nitrogen and oxygen atoms in total. The molecule has 1 unspecified atom stereocenters. The summed E-state index contributed by atoms with van der Waals surface area (Å²) in [6.07, 6.45) is -1.36. The standard InChI is InChI=1S/C5H9N3O4/c9-2-1-8-4(11)6-3(10)7-5(8)12/h4,9,11H,1-2H2,(H2,6,7,10,12). The molecule has 68 valence electrons. The molecule has 0 bridgehead atoms. The molecular formula is C5H9N3O4. The second-order valence-electron chi connectivity index (χ2n) is 2.19. The zero-order valence-electron chi connectivity index (χ0n) is 6.15. The lowest BCUT2D eigenvalue weighted by Gasteiger charge is -2.31. The zero-order chi connectivity index (χ0) is 9.14. The molecule has 1 rings (SSSR count). The van der Waals surface area contributed by atoms with Crippen molar-refractivity contribution < 1.29 is 19.8 Å². The monoisotopic (exact) mass is 175 g/mol. The molecule has 1 heterocycles. The van der Waals surface area contributed by atoms with Gasteiger partial charge >= 0.3 is 12.1 Å². The van der Waals surface area contributed by atoms with E-state index in [1.165, 1.54) is 0 Å². The van der Waals surface area contributed by atoms with Crippen LogP contribution in [-0.2, 0) is 0 Å². The summed E-state index contributed by atoms with van der Waals surface area (Å²) in [7, 11) is 0. The minimum absolute atomic E-state index is 0.0344. The Morgan fingerprint density at radius 1 is 1.50 bits per heavy atom. The van der Waals surface area contributed by atoms with Crippen LogP contribution in [0.3, 0.4) is 0 Å². The zero-order valence-corrected chi connectivity index (χ0v) is 6.15. The van der Waals surface area contributed by atoms with Crippen molar-refractivity contribution in [3.63, 3.8) is 0 Å². The SMILES string of the molecule is O=C1NC(=O)N(CCO)C(O)N1. The highest BCUT2D eigenvalue weighted by molar-refractivity contribution is 5.95. The third-order valence-corrected chi connectivity index (χ3v) is 1.38. The Bertz CT molecular complexity index is 207. The molecule has 0 saturated carbocycles. The molecule has 1 saturated heterocycles. The molecule has 1 aliphatic rings. The number of aliphatic hydroxyl groups is 2. The predicted molar refractivity (Wildman–Crippen MR) is 36.9 cm³/mol. The highest BCUT2D eigenvalue weighted by Crippen LogP contribution is 1.98. The Morgan fingerprint density at radius 2 is 2.17 bits per heavy atom. The molecule has 0 spiro atoms. The van der Waals surface area contributed by atoms with Crippen molar-refractivity contribution in [2.24, 2.45) is 0 Å². The van der Waals surface area contributed by atoms with Gasteiger partial charge in [-0.15, -0.1) is 0 Å². The van der Waals surface area contributed by atoms with Gasteiger partial charge in [-0.1, -0.05) is 0 Å². The van der Waals surface area contributed by atoms with Crippen LogP contribution in [0.2, 0.25) is 0 Å². The van der Waals surface area contributed by atoms with E-state index in [2.05, 4.69) is 0 Å². The number of β-amino-alcohol motifs (C(OH)–C–C–N with tert-alkyl or cyclic N) is 1.